The first-order chi connectivity index (χ1) is 8.70. The van der Waals surface area contributed by atoms with Crippen LogP contribution in [0.15, 0.2) is 40.0 Å². The summed E-state index contributed by atoms with van der Waals surface area (Å²) in [6.45, 7) is 1.94. The van der Waals surface area contributed by atoms with Crippen LogP contribution >= 0.6 is 0 Å². The molecule has 0 saturated carbocycles. The second-order valence-electron chi connectivity index (χ2n) is 3.75. The molecule has 1 amide bonds. The van der Waals surface area contributed by atoms with E-state index in [-0.39, 0.29) is 11.9 Å². The smallest absolute Gasteiger partial charge is 0.335 e. The molecule has 2 aromatic heterocycles. The molecular weight excluding hydrogens is 234 g/mol. The molecule has 0 spiro atoms. The van der Waals surface area contributed by atoms with Gasteiger partial charge in [-0.3, -0.25) is 4.79 Å². The highest BCUT2D eigenvalue weighted by Gasteiger charge is 2.16. The summed E-state index contributed by atoms with van der Waals surface area (Å²) in [5, 5.41) is 2.81. The van der Waals surface area contributed by atoms with Crippen molar-refractivity contribution in [3.8, 4) is 0 Å². The van der Waals surface area contributed by atoms with Crippen LogP contribution in [0, 0.1) is 0 Å². The van der Waals surface area contributed by atoms with E-state index in [2.05, 4.69) is 19.7 Å². The highest BCUT2D eigenvalue weighted by molar-refractivity contribution is 5.93. The van der Waals surface area contributed by atoms with Gasteiger partial charge in [-0.1, -0.05) is 6.92 Å². The van der Waals surface area contributed by atoms with Gasteiger partial charge in [0.05, 0.1) is 11.6 Å². The molecule has 6 nitrogen and oxygen atoms in total. The number of imidazole rings is 1. The van der Waals surface area contributed by atoms with Crippen LogP contribution in [0.3, 0.4) is 0 Å². The van der Waals surface area contributed by atoms with E-state index < -0.39 is 5.63 Å². The number of hydrogen-bond acceptors (Lipinski definition) is 4. The number of aromatic nitrogens is 2. The predicted molar refractivity (Wildman–Crippen MR) is 64.1 cm³/mol. The number of carbonyl (C=O) groups excluding carboxylic acids is 1. The minimum atomic E-state index is -0.482. The number of carbonyl (C=O) groups is 1. The zero-order valence-corrected chi connectivity index (χ0v) is 9.84. The molecule has 94 valence electrons. The van der Waals surface area contributed by atoms with Crippen LogP contribution in [0.5, 0.6) is 0 Å². The molecule has 1 atom stereocenters. The van der Waals surface area contributed by atoms with E-state index in [1.54, 1.807) is 12.4 Å². The van der Waals surface area contributed by atoms with Gasteiger partial charge < -0.3 is 14.7 Å². The molecule has 18 heavy (non-hydrogen) atoms. The highest BCUT2D eigenvalue weighted by Crippen LogP contribution is 2.12. The molecule has 1 unspecified atom stereocenters. The van der Waals surface area contributed by atoms with Crippen molar-refractivity contribution in [2.75, 3.05) is 0 Å². The zero-order valence-electron chi connectivity index (χ0n) is 9.84. The topological polar surface area (TPSA) is 88.0 Å². The molecule has 0 saturated heterocycles. The van der Waals surface area contributed by atoms with Gasteiger partial charge in [0.1, 0.15) is 12.1 Å². The molecule has 2 aromatic rings. The van der Waals surface area contributed by atoms with E-state index >= 15 is 0 Å². The van der Waals surface area contributed by atoms with Crippen LogP contribution in [0.2, 0.25) is 0 Å². The Balaban J connectivity index is 2.10. The predicted octanol–water partition coefficient (Wildman–Crippen LogP) is 1.24. The van der Waals surface area contributed by atoms with Gasteiger partial charge >= 0.3 is 5.63 Å². The number of H-pyrrole nitrogens is 1. The highest BCUT2D eigenvalue weighted by atomic mass is 16.4. The Labute approximate surface area is 103 Å². The molecule has 2 rings (SSSR count). The number of aromatic amines is 1. The monoisotopic (exact) mass is 247 g/mol. The van der Waals surface area contributed by atoms with Gasteiger partial charge in [0.25, 0.3) is 5.91 Å². The van der Waals surface area contributed by atoms with Gasteiger partial charge in [-0.05, 0) is 12.5 Å². The molecule has 0 aliphatic rings. The van der Waals surface area contributed by atoms with Gasteiger partial charge in [0.15, 0.2) is 0 Å². The van der Waals surface area contributed by atoms with Crippen molar-refractivity contribution in [2.45, 2.75) is 19.4 Å². The average Bonchev–Trinajstić information content (AvgIpc) is 2.90. The fraction of sp³-hybridized carbons (Fsp3) is 0.250. The van der Waals surface area contributed by atoms with Crippen LogP contribution in [0.4, 0.5) is 0 Å². The number of hydrogen-bond donors (Lipinski definition) is 2. The second-order valence-corrected chi connectivity index (χ2v) is 3.75. The van der Waals surface area contributed by atoms with Crippen LogP contribution < -0.4 is 10.9 Å². The van der Waals surface area contributed by atoms with E-state index in [1.165, 1.54) is 12.1 Å². The molecule has 2 heterocycles. The molecule has 0 aliphatic carbocycles. The summed E-state index contributed by atoms with van der Waals surface area (Å²) in [6.07, 6.45) is 5.18. The molecule has 6 heteroatoms. The largest absolute Gasteiger partial charge is 0.430 e. The van der Waals surface area contributed by atoms with Gasteiger partial charge in [-0.15, -0.1) is 0 Å². The Kier molecular flexibility index (Phi) is 3.57. The van der Waals surface area contributed by atoms with Crippen molar-refractivity contribution in [2.24, 2.45) is 0 Å². The van der Waals surface area contributed by atoms with Crippen LogP contribution in [0.1, 0.15) is 35.6 Å². The summed E-state index contributed by atoms with van der Waals surface area (Å²) in [4.78, 5) is 29.8. The minimum absolute atomic E-state index is 0.195. The fourth-order valence-corrected chi connectivity index (χ4v) is 1.56. The first kappa shape index (κ1) is 12.1. The summed E-state index contributed by atoms with van der Waals surface area (Å²) in [5.41, 5.74) is -0.177. The number of amides is 1. The van der Waals surface area contributed by atoms with Crippen molar-refractivity contribution >= 4 is 5.91 Å². The summed E-state index contributed by atoms with van der Waals surface area (Å²) in [7, 11) is 0. The number of nitrogens with one attached hydrogen (secondary N) is 2. The zero-order chi connectivity index (χ0) is 13.0. The quantitative estimate of drug-likeness (QED) is 0.850. The maximum atomic E-state index is 11.9. The van der Waals surface area contributed by atoms with Gasteiger partial charge in [0.2, 0.25) is 0 Å². The Hall–Kier alpha value is -2.37. The SMILES string of the molecule is CCC(NC(=O)c1ccc(=O)oc1)c1ncc[nH]1. The summed E-state index contributed by atoms with van der Waals surface area (Å²) in [5.74, 6) is 0.394. The third-order valence-electron chi connectivity index (χ3n) is 2.53. The minimum Gasteiger partial charge on any atom is -0.430 e. The van der Waals surface area contributed by atoms with E-state index in [4.69, 9.17) is 0 Å². The van der Waals surface area contributed by atoms with Gasteiger partial charge in [0, 0.05) is 18.5 Å². The normalized spacial score (nSPS) is 12.1. The lowest BCUT2D eigenvalue weighted by Crippen LogP contribution is -2.29. The summed E-state index contributed by atoms with van der Waals surface area (Å²) >= 11 is 0. The van der Waals surface area contributed by atoms with Crippen LogP contribution in [-0.4, -0.2) is 15.9 Å². The van der Waals surface area contributed by atoms with Gasteiger partial charge in [-0.2, -0.15) is 0 Å². The molecule has 0 aliphatic heterocycles. The standard InChI is InChI=1S/C12H13N3O3/c1-2-9(11-13-5-6-14-11)15-12(17)8-3-4-10(16)18-7-8/h3-7,9H,2H2,1H3,(H,13,14)(H,15,17). The third-order valence-corrected chi connectivity index (χ3v) is 2.53. The van der Waals surface area contributed by atoms with E-state index in [0.717, 1.165) is 6.26 Å². The Morgan fingerprint density at radius 2 is 2.39 bits per heavy atom. The van der Waals surface area contributed by atoms with Crippen LogP contribution in [-0.2, 0) is 0 Å². The maximum absolute atomic E-state index is 11.9. The Morgan fingerprint density at radius 1 is 1.56 bits per heavy atom. The van der Waals surface area contributed by atoms with E-state index in [9.17, 15) is 9.59 Å². The molecule has 0 fully saturated rings. The van der Waals surface area contributed by atoms with Gasteiger partial charge in [-0.25, -0.2) is 9.78 Å². The molecule has 2 N–H and O–H groups in total. The number of rotatable bonds is 4. The van der Waals surface area contributed by atoms with Crippen molar-refractivity contribution in [1.29, 1.82) is 0 Å². The van der Waals surface area contributed by atoms with Crippen LogP contribution in [0.25, 0.3) is 0 Å². The van der Waals surface area contributed by atoms with Crippen molar-refractivity contribution in [3.63, 3.8) is 0 Å². The Morgan fingerprint density at radius 3 is 2.94 bits per heavy atom. The fourth-order valence-electron chi connectivity index (χ4n) is 1.56. The average molecular weight is 247 g/mol. The van der Waals surface area contributed by atoms with E-state index in [0.29, 0.717) is 17.8 Å². The first-order valence-electron chi connectivity index (χ1n) is 5.59. The lowest BCUT2D eigenvalue weighted by atomic mass is 10.2. The lowest BCUT2D eigenvalue weighted by Gasteiger charge is -2.14. The first-order valence-corrected chi connectivity index (χ1v) is 5.59. The molecule has 0 radical (unpaired) electrons. The van der Waals surface area contributed by atoms with Crippen molar-refractivity contribution in [3.05, 3.63) is 52.6 Å². The molecule has 0 bridgehead atoms. The Bertz CT molecular complexity index is 554. The molecule has 0 aromatic carbocycles. The summed E-state index contributed by atoms with van der Waals surface area (Å²) < 4.78 is 4.65. The molecular formula is C12H13N3O3. The maximum Gasteiger partial charge on any atom is 0.335 e. The second kappa shape index (κ2) is 5.31. The van der Waals surface area contributed by atoms with Crippen molar-refractivity contribution < 1.29 is 9.21 Å². The number of nitrogens with zero attached hydrogens (tertiary/aromatic N) is 1. The summed E-state index contributed by atoms with van der Waals surface area (Å²) in [6, 6.07) is 2.44. The third kappa shape index (κ3) is 2.65. The lowest BCUT2D eigenvalue weighted by molar-refractivity contribution is 0.0931. The van der Waals surface area contributed by atoms with Crippen molar-refractivity contribution in [1.82, 2.24) is 15.3 Å². The van der Waals surface area contributed by atoms with E-state index in [1.807, 2.05) is 6.92 Å².